The minimum Gasteiger partial charge on any atom is -0.377 e. The molecular weight excluding hydrogens is 366 g/mol. The average molecular weight is 391 g/mol. The maximum Gasteiger partial charge on any atom is 0.225 e. The summed E-state index contributed by atoms with van der Waals surface area (Å²) in [5.74, 6) is 0.672. The number of ether oxygens (including phenoxy) is 1. The maximum atomic E-state index is 12.3. The Morgan fingerprint density at radius 2 is 1.97 bits per heavy atom. The third kappa shape index (κ3) is 3.04. The van der Waals surface area contributed by atoms with Gasteiger partial charge in [-0.15, -0.1) is 0 Å². The molecule has 0 aromatic carbocycles. The van der Waals surface area contributed by atoms with E-state index >= 15 is 0 Å². The number of aromatic nitrogens is 3. The van der Waals surface area contributed by atoms with Gasteiger partial charge in [0.15, 0.2) is 0 Å². The van der Waals surface area contributed by atoms with Gasteiger partial charge in [-0.3, -0.25) is 14.5 Å². The zero-order valence-electron chi connectivity index (χ0n) is 16.5. The largest absolute Gasteiger partial charge is 0.377 e. The number of pyridine rings is 1. The summed E-state index contributed by atoms with van der Waals surface area (Å²) in [6.45, 7) is 4.91. The number of fused-ring (bicyclic) bond motifs is 1. The Bertz CT molecular complexity index is 981. The molecule has 29 heavy (non-hydrogen) atoms. The number of rotatable bonds is 4. The Morgan fingerprint density at radius 3 is 2.69 bits per heavy atom. The van der Waals surface area contributed by atoms with Gasteiger partial charge in [0.1, 0.15) is 0 Å². The first-order valence-electron chi connectivity index (χ1n) is 10.6. The monoisotopic (exact) mass is 391 g/mol. The van der Waals surface area contributed by atoms with Crippen LogP contribution in [0.25, 0.3) is 11.6 Å². The van der Waals surface area contributed by atoms with E-state index in [-0.39, 0.29) is 0 Å². The van der Waals surface area contributed by atoms with Crippen molar-refractivity contribution in [1.82, 2.24) is 19.7 Å². The van der Waals surface area contributed by atoms with Crippen molar-refractivity contribution in [3.05, 3.63) is 41.5 Å². The number of hydrogen-bond acceptors (Lipinski definition) is 5. The van der Waals surface area contributed by atoms with Crippen LogP contribution < -0.4 is 4.90 Å². The summed E-state index contributed by atoms with van der Waals surface area (Å²) in [5.41, 5.74) is 6.04. The summed E-state index contributed by atoms with van der Waals surface area (Å²) in [6, 6.07) is 2.49. The smallest absolute Gasteiger partial charge is 0.225 e. The molecule has 2 aromatic heterocycles. The SMILES string of the molecule is O=C(C1CC1)N1CCN(c2ccnc3c2C=C(c2cnn(C4COC4)c2)C3)CC1. The molecule has 2 aliphatic heterocycles. The van der Waals surface area contributed by atoms with Crippen molar-refractivity contribution in [1.29, 1.82) is 0 Å². The zero-order chi connectivity index (χ0) is 19.4. The lowest BCUT2D eigenvalue weighted by molar-refractivity contribution is -0.132. The number of amides is 1. The summed E-state index contributed by atoms with van der Waals surface area (Å²) in [4.78, 5) is 21.4. The van der Waals surface area contributed by atoms with Crippen molar-refractivity contribution in [3.63, 3.8) is 0 Å². The molecule has 7 heteroatoms. The van der Waals surface area contributed by atoms with Gasteiger partial charge in [0.25, 0.3) is 0 Å². The first-order chi connectivity index (χ1) is 14.3. The first kappa shape index (κ1) is 17.2. The highest BCUT2D eigenvalue weighted by molar-refractivity contribution is 5.91. The number of carbonyl (C=O) groups is 1. The predicted octanol–water partition coefficient (Wildman–Crippen LogP) is 2.00. The molecule has 2 aromatic rings. The van der Waals surface area contributed by atoms with Crippen molar-refractivity contribution < 1.29 is 9.53 Å². The van der Waals surface area contributed by atoms with Crippen LogP contribution in [0, 0.1) is 5.92 Å². The Morgan fingerprint density at radius 1 is 1.14 bits per heavy atom. The van der Waals surface area contributed by atoms with Gasteiger partial charge in [0.2, 0.25) is 5.91 Å². The Hall–Kier alpha value is -2.67. The second kappa shape index (κ2) is 6.69. The van der Waals surface area contributed by atoms with Crippen LogP contribution >= 0.6 is 0 Å². The Kier molecular flexibility index (Phi) is 3.97. The zero-order valence-corrected chi connectivity index (χ0v) is 16.5. The van der Waals surface area contributed by atoms with E-state index in [4.69, 9.17) is 4.74 Å². The highest BCUT2D eigenvalue weighted by atomic mass is 16.5. The average Bonchev–Trinajstić information content (AvgIpc) is 3.29. The van der Waals surface area contributed by atoms with Crippen LogP contribution in [0.4, 0.5) is 5.69 Å². The molecule has 0 N–H and O–H groups in total. The van der Waals surface area contributed by atoms with Crippen LogP contribution in [-0.4, -0.2) is 65.0 Å². The van der Waals surface area contributed by atoms with Gasteiger partial charge < -0.3 is 14.5 Å². The van der Waals surface area contributed by atoms with Crippen LogP contribution in [0.2, 0.25) is 0 Å². The van der Waals surface area contributed by atoms with E-state index in [1.807, 2.05) is 17.1 Å². The highest BCUT2D eigenvalue weighted by Gasteiger charge is 2.35. The molecule has 0 radical (unpaired) electrons. The minimum atomic E-state index is 0.310. The van der Waals surface area contributed by atoms with Gasteiger partial charge in [-0.05, 0) is 30.6 Å². The molecule has 0 unspecified atom stereocenters. The number of piperazine rings is 1. The molecular formula is C22H25N5O2. The Labute approximate surface area is 170 Å². The third-order valence-corrected chi connectivity index (χ3v) is 6.55. The molecule has 4 heterocycles. The van der Waals surface area contributed by atoms with E-state index in [0.717, 1.165) is 64.3 Å². The molecule has 0 spiro atoms. The second-order valence-electron chi connectivity index (χ2n) is 8.52. The summed E-state index contributed by atoms with van der Waals surface area (Å²) >= 11 is 0. The van der Waals surface area contributed by atoms with E-state index in [1.165, 1.54) is 22.4 Å². The van der Waals surface area contributed by atoms with E-state index in [1.54, 1.807) is 0 Å². The van der Waals surface area contributed by atoms with Crippen molar-refractivity contribution >= 4 is 23.2 Å². The number of carbonyl (C=O) groups excluding carboxylic acids is 1. The van der Waals surface area contributed by atoms with Crippen molar-refractivity contribution in [2.45, 2.75) is 25.3 Å². The van der Waals surface area contributed by atoms with Gasteiger partial charge in [-0.1, -0.05) is 0 Å². The molecule has 1 saturated carbocycles. The fourth-order valence-corrected chi connectivity index (χ4v) is 4.51. The molecule has 0 bridgehead atoms. The summed E-state index contributed by atoms with van der Waals surface area (Å²) < 4.78 is 7.30. The molecule has 7 nitrogen and oxygen atoms in total. The normalized spacial score (nSPS) is 21.7. The minimum absolute atomic E-state index is 0.310. The second-order valence-corrected chi connectivity index (χ2v) is 8.52. The molecule has 3 fully saturated rings. The van der Waals surface area contributed by atoms with E-state index in [2.05, 4.69) is 38.2 Å². The molecule has 2 saturated heterocycles. The van der Waals surface area contributed by atoms with Gasteiger partial charge >= 0.3 is 0 Å². The lowest BCUT2D eigenvalue weighted by Gasteiger charge is -2.37. The lowest BCUT2D eigenvalue weighted by atomic mass is 10.1. The topological polar surface area (TPSA) is 63.5 Å². The third-order valence-electron chi connectivity index (χ3n) is 6.55. The molecule has 6 rings (SSSR count). The molecule has 1 amide bonds. The summed E-state index contributed by atoms with van der Waals surface area (Å²) in [5, 5.41) is 4.53. The number of nitrogens with zero attached hydrogens (tertiary/aromatic N) is 5. The van der Waals surface area contributed by atoms with Gasteiger partial charge in [0, 0.05) is 67.7 Å². The Balaban J connectivity index is 1.21. The quantitative estimate of drug-likeness (QED) is 0.798. The van der Waals surface area contributed by atoms with Crippen molar-refractivity contribution in [2.75, 3.05) is 44.3 Å². The first-order valence-corrected chi connectivity index (χ1v) is 10.6. The van der Waals surface area contributed by atoms with E-state index in [9.17, 15) is 4.79 Å². The van der Waals surface area contributed by atoms with Gasteiger partial charge in [-0.25, -0.2) is 0 Å². The van der Waals surface area contributed by atoms with Gasteiger partial charge in [0.05, 0.1) is 31.1 Å². The van der Waals surface area contributed by atoms with Crippen LogP contribution in [0.1, 0.15) is 35.7 Å². The fraction of sp³-hybridized carbons (Fsp3) is 0.500. The van der Waals surface area contributed by atoms with Crippen LogP contribution in [-0.2, 0) is 16.0 Å². The van der Waals surface area contributed by atoms with Crippen LogP contribution in [0.5, 0.6) is 0 Å². The lowest BCUT2D eigenvalue weighted by Crippen LogP contribution is -2.49. The predicted molar refractivity (Wildman–Crippen MR) is 109 cm³/mol. The molecule has 4 aliphatic rings. The molecule has 150 valence electrons. The number of hydrogen-bond donors (Lipinski definition) is 0. The highest BCUT2D eigenvalue weighted by Crippen LogP contribution is 2.37. The maximum absolute atomic E-state index is 12.3. The van der Waals surface area contributed by atoms with Gasteiger partial charge in [-0.2, -0.15) is 5.10 Å². The van der Waals surface area contributed by atoms with Crippen LogP contribution in [0.3, 0.4) is 0 Å². The molecule has 2 aliphatic carbocycles. The van der Waals surface area contributed by atoms with Crippen molar-refractivity contribution in [3.8, 4) is 0 Å². The van der Waals surface area contributed by atoms with Crippen LogP contribution in [0.15, 0.2) is 24.7 Å². The van der Waals surface area contributed by atoms with E-state index < -0.39 is 0 Å². The standard InChI is InChI=1S/C22H25N5O2/c28-22(15-1-2-15)26-7-5-25(6-8-26)21-3-4-23-20-10-16(9-19(20)21)17-11-24-27(12-17)18-13-29-14-18/h3-4,9,11-12,15,18H,1-2,5-8,10,13-14H2. The summed E-state index contributed by atoms with van der Waals surface area (Å²) in [7, 11) is 0. The fourth-order valence-electron chi connectivity index (χ4n) is 4.51. The van der Waals surface area contributed by atoms with Crippen molar-refractivity contribution in [2.24, 2.45) is 5.92 Å². The molecule has 0 atom stereocenters. The summed E-state index contributed by atoms with van der Waals surface area (Å²) in [6.07, 6.45) is 11.3. The number of anilines is 1. The van der Waals surface area contributed by atoms with E-state index in [0.29, 0.717) is 17.9 Å². The number of allylic oxidation sites excluding steroid dienone is 1.